The van der Waals surface area contributed by atoms with Crippen LogP contribution >= 0.6 is 0 Å². The number of phenols is 2. The molecule has 0 spiro atoms. The second kappa shape index (κ2) is 8.50. The van der Waals surface area contributed by atoms with Gasteiger partial charge in [0.2, 0.25) is 12.1 Å². The molecule has 1 saturated heterocycles. The molecule has 0 aliphatic carbocycles. The molecule has 0 bridgehead atoms. The fraction of sp³-hybridized carbons (Fsp3) is 0.429. The number of aromatic hydroxyl groups is 2. The van der Waals surface area contributed by atoms with Gasteiger partial charge in [-0.05, 0) is 49.2 Å². The van der Waals surface area contributed by atoms with Crippen molar-refractivity contribution in [2.45, 2.75) is 38.0 Å². The summed E-state index contributed by atoms with van der Waals surface area (Å²) >= 11 is 0. The summed E-state index contributed by atoms with van der Waals surface area (Å²) in [6, 6.07) is 4.11. The van der Waals surface area contributed by atoms with E-state index in [9.17, 15) is 30.4 Å². The van der Waals surface area contributed by atoms with Crippen molar-refractivity contribution in [3.63, 3.8) is 0 Å². The molecule has 172 valence electrons. The van der Waals surface area contributed by atoms with Gasteiger partial charge in [-0.1, -0.05) is 12.1 Å². The molecule has 1 heterocycles. The van der Waals surface area contributed by atoms with Gasteiger partial charge in [0.25, 0.3) is 0 Å². The SMILES string of the molecule is COc1cc([C@H]2N[C@@H](c3ccc(O)c(OC)c3)[C@H]([N+](=O)[O-])C(C)(C)[C@H]2[N+](=O)[O-])ccc1O. The number of nitrogens with one attached hydrogen (secondary N) is 1. The Morgan fingerprint density at radius 2 is 1.22 bits per heavy atom. The Hall–Kier alpha value is -3.60. The van der Waals surface area contributed by atoms with Crippen LogP contribution < -0.4 is 14.8 Å². The molecular weight excluding hydrogens is 422 g/mol. The lowest BCUT2D eigenvalue weighted by atomic mass is 9.66. The molecule has 0 unspecified atom stereocenters. The van der Waals surface area contributed by atoms with Crippen molar-refractivity contribution in [2.24, 2.45) is 5.41 Å². The maximum Gasteiger partial charge on any atom is 0.243 e. The summed E-state index contributed by atoms with van der Waals surface area (Å²) in [5, 5.41) is 47.2. The van der Waals surface area contributed by atoms with Crippen LogP contribution in [0.2, 0.25) is 0 Å². The molecule has 2 aromatic rings. The third-order valence-electron chi connectivity index (χ3n) is 6.10. The average Bonchev–Trinajstić information content (AvgIpc) is 2.72. The van der Waals surface area contributed by atoms with E-state index in [2.05, 4.69) is 5.32 Å². The lowest BCUT2D eigenvalue weighted by Crippen LogP contribution is -2.63. The van der Waals surface area contributed by atoms with Crippen LogP contribution in [0.4, 0.5) is 0 Å². The number of ether oxygens (including phenoxy) is 2. The highest BCUT2D eigenvalue weighted by Crippen LogP contribution is 2.48. The van der Waals surface area contributed by atoms with E-state index in [1.54, 1.807) is 0 Å². The molecule has 3 N–H and O–H groups in total. The minimum absolute atomic E-state index is 0.128. The van der Waals surface area contributed by atoms with Gasteiger partial charge in [-0.25, -0.2) is 0 Å². The van der Waals surface area contributed by atoms with Crippen LogP contribution in [0.25, 0.3) is 0 Å². The Morgan fingerprint density at radius 3 is 1.53 bits per heavy atom. The summed E-state index contributed by atoms with van der Waals surface area (Å²) in [5.74, 6) is -0.00848. The van der Waals surface area contributed by atoms with E-state index in [0.29, 0.717) is 11.1 Å². The van der Waals surface area contributed by atoms with E-state index in [1.165, 1.54) is 64.5 Å². The third kappa shape index (κ3) is 3.86. The normalized spacial score (nSPS) is 24.5. The van der Waals surface area contributed by atoms with E-state index >= 15 is 0 Å². The Labute approximate surface area is 183 Å². The molecule has 1 aliphatic rings. The maximum absolute atomic E-state index is 12.1. The third-order valence-corrected chi connectivity index (χ3v) is 6.10. The largest absolute Gasteiger partial charge is 0.504 e. The van der Waals surface area contributed by atoms with Gasteiger partial charge in [0, 0.05) is 9.85 Å². The van der Waals surface area contributed by atoms with Gasteiger partial charge >= 0.3 is 0 Å². The minimum atomic E-state index is -1.39. The number of nitrogens with zero attached hydrogens (tertiary/aromatic N) is 2. The molecule has 0 aromatic heterocycles. The number of methoxy groups -OCH3 is 2. The van der Waals surface area contributed by atoms with Crippen molar-refractivity contribution in [1.82, 2.24) is 5.32 Å². The second-order valence-corrected chi connectivity index (χ2v) is 8.27. The summed E-state index contributed by atoms with van der Waals surface area (Å²) < 4.78 is 10.3. The molecular formula is C21H25N3O8. The first-order chi connectivity index (χ1) is 15.0. The average molecular weight is 447 g/mol. The molecule has 1 fully saturated rings. The van der Waals surface area contributed by atoms with Gasteiger partial charge in [0.1, 0.15) is 17.5 Å². The standard InChI is InChI=1S/C21H25N3O8/c1-21(2)19(23(27)28)17(11-5-7-13(25)15(9-11)31-3)22-18(20(21)24(29)30)12-6-8-14(26)16(10-12)32-4/h5-10,17-20,22,25-26H,1-4H3/t17-,18+,19-,20-/m0/s1. The van der Waals surface area contributed by atoms with Crippen molar-refractivity contribution in [3.8, 4) is 23.0 Å². The number of piperidine rings is 1. The van der Waals surface area contributed by atoms with Crippen LogP contribution in [-0.4, -0.2) is 46.4 Å². The molecule has 2 aromatic carbocycles. The van der Waals surface area contributed by atoms with Crippen LogP contribution in [0.3, 0.4) is 0 Å². The van der Waals surface area contributed by atoms with Crippen molar-refractivity contribution in [2.75, 3.05) is 14.2 Å². The summed E-state index contributed by atoms with van der Waals surface area (Å²) in [7, 11) is 2.71. The molecule has 11 heteroatoms. The fourth-order valence-electron chi connectivity index (χ4n) is 4.53. The smallest absolute Gasteiger partial charge is 0.243 e. The number of hydrogen-bond donors (Lipinski definition) is 3. The van der Waals surface area contributed by atoms with Crippen LogP contribution in [-0.2, 0) is 0 Å². The molecule has 32 heavy (non-hydrogen) atoms. The zero-order valence-electron chi connectivity index (χ0n) is 18.0. The van der Waals surface area contributed by atoms with Gasteiger partial charge in [-0.15, -0.1) is 0 Å². The molecule has 0 radical (unpaired) electrons. The monoisotopic (exact) mass is 447 g/mol. The topological polar surface area (TPSA) is 157 Å². The lowest BCUT2D eigenvalue weighted by Gasteiger charge is -2.44. The van der Waals surface area contributed by atoms with E-state index in [1.807, 2.05) is 0 Å². The van der Waals surface area contributed by atoms with E-state index in [-0.39, 0.29) is 23.0 Å². The van der Waals surface area contributed by atoms with Crippen molar-refractivity contribution in [1.29, 1.82) is 0 Å². The van der Waals surface area contributed by atoms with Gasteiger partial charge in [-0.3, -0.25) is 25.5 Å². The number of hydrogen-bond acceptors (Lipinski definition) is 9. The van der Waals surface area contributed by atoms with Gasteiger partial charge in [0.15, 0.2) is 23.0 Å². The zero-order chi connectivity index (χ0) is 23.8. The lowest BCUT2D eigenvalue weighted by molar-refractivity contribution is -0.605. The first kappa shape index (κ1) is 23.1. The molecule has 1 aliphatic heterocycles. The number of phenolic OH excluding ortho intramolecular Hbond substituents is 2. The van der Waals surface area contributed by atoms with Crippen LogP contribution in [0, 0.1) is 25.6 Å². The van der Waals surface area contributed by atoms with Crippen molar-refractivity contribution < 1.29 is 29.5 Å². The second-order valence-electron chi connectivity index (χ2n) is 8.27. The van der Waals surface area contributed by atoms with Crippen molar-refractivity contribution in [3.05, 3.63) is 67.8 Å². The van der Waals surface area contributed by atoms with E-state index in [0.717, 1.165) is 0 Å². The van der Waals surface area contributed by atoms with Crippen LogP contribution in [0.5, 0.6) is 23.0 Å². The first-order valence-electron chi connectivity index (χ1n) is 9.79. The summed E-state index contributed by atoms with van der Waals surface area (Å²) in [6.45, 7) is 3.01. The Balaban J connectivity index is 2.20. The Bertz CT molecular complexity index is 962. The summed E-state index contributed by atoms with van der Waals surface area (Å²) in [6.07, 6.45) is 0. The fourth-order valence-corrected chi connectivity index (χ4v) is 4.53. The number of rotatable bonds is 6. The highest BCUT2D eigenvalue weighted by Gasteiger charge is 2.63. The van der Waals surface area contributed by atoms with Gasteiger partial charge in [0.05, 0.1) is 14.2 Å². The summed E-state index contributed by atoms with van der Waals surface area (Å²) in [4.78, 5) is 23.3. The summed E-state index contributed by atoms with van der Waals surface area (Å²) in [5.41, 5.74) is -0.511. The number of nitro groups is 2. The minimum Gasteiger partial charge on any atom is -0.504 e. The molecule has 0 saturated carbocycles. The predicted molar refractivity (Wildman–Crippen MR) is 113 cm³/mol. The van der Waals surface area contributed by atoms with Gasteiger partial charge < -0.3 is 19.7 Å². The van der Waals surface area contributed by atoms with E-state index < -0.39 is 39.4 Å². The molecule has 11 nitrogen and oxygen atoms in total. The molecule has 4 atom stereocenters. The number of benzene rings is 2. The Kier molecular flexibility index (Phi) is 6.13. The quantitative estimate of drug-likeness (QED) is 0.447. The maximum atomic E-state index is 12.1. The molecule has 0 amide bonds. The van der Waals surface area contributed by atoms with Crippen LogP contribution in [0.1, 0.15) is 37.1 Å². The highest BCUT2D eigenvalue weighted by molar-refractivity contribution is 5.45. The molecule has 3 rings (SSSR count). The van der Waals surface area contributed by atoms with E-state index in [4.69, 9.17) is 9.47 Å². The Morgan fingerprint density at radius 1 is 0.844 bits per heavy atom. The van der Waals surface area contributed by atoms with Crippen LogP contribution in [0.15, 0.2) is 36.4 Å². The highest BCUT2D eigenvalue weighted by atomic mass is 16.6. The first-order valence-corrected chi connectivity index (χ1v) is 9.79. The predicted octanol–water partition coefficient (Wildman–Crippen LogP) is 2.82. The van der Waals surface area contributed by atoms with Gasteiger partial charge in [-0.2, -0.15) is 0 Å². The zero-order valence-corrected chi connectivity index (χ0v) is 18.0. The van der Waals surface area contributed by atoms with Crippen molar-refractivity contribution >= 4 is 0 Å².